The van der Waals surface area contributed by atoms with Gasteiger partial charge in [-0.25, -0.2) is 4.39 Å². The lowest BCUT2D eigenvalue weighted by Crippen LogP contribution is -2.21. The first kappa shape index (κ1) is 9.82. The Morgan fingerprint density at radius 1 is 1.38 bits per heavy atom. The Balaban J connectivity index is 1.87. The second-order valence-corrected chi connectivity index (χ2v) is 4.55. The molecule has 16 heavy (non-hydrogen) atoms. The van der Waals surface area contributed by atoms with Gasteiger partial charge in [-0.1, -0.05) is 6.07 Å². The van der Waals surface area contributed by atoms with Crippen LogP contribution in [-0.2, 0) is 6.42 Å². The van der Waals surface area contributed by atoms with Crippen molar-refractivity contribution in [1.29, 1.82) is 0 Å². The van der Waals surface area contributed by atoms with Crippen molar-refractivity contribution in [3.63, 3.8) is 0 Å². The lowest BCUT2D eigenvalue weighted by Gasteiger charge is -2.09. The van der Waals surface area contributed by atoms with Crippen molar-refractivity contribution < 1.29 is 4.39 Å². The van der Waals surface area contributed by atoms with Crippen LogP contribution in [-0.4, -0.2) is 18.9 Å². The standard InChI is InChI=1S/C13H15FN2/c14-11-4-3-10(7-13-15-5-6-16-13)12(8-11)9-1-2-9/h3-4,8-9H,1-2,5-7H2,(H,15,16). The monoisotopic (exact) mass is 218 g/mol. The molecule has 1 aliphatic carbocycles. The lowest BCUT2D eigenvalue weighted by molar-refractivity contribution is 0.624. The van der Waals surface area contributed by atoms with Crippen molar-refractivity contribution in [3.05, 3.63) is 35.1 Å². The summed E-state index contributed by atoms with van der Waals surface area (Å²) in [5.41, 5.74) is 2.42. The summed E-state index contributed by atoms with van der Waals surface area (Å²) >= 11 is 0. The molecule has 0 atom stereocenters. The van der Waals surface area contributed by atoms with E-state index in [1.54, 1.807) is 12.1 Å². The Morgan fingerprint density at radius 2 is 2.25 bits per heavy atom. The van der Waals surface area contributed by atoms with Gasteiger partial charge in [-0.2, -0.15) is 0 Å². The topological polar surface area (TPSA) is 24.4 Å². The highest BCUT2D eigenvalue weighted by molar-refractivity contribution is 5.86. The molecular weight excluding hydrogens is 203 g/mol. The summed E-state index contributed by atoms with van der Waals surface area (Å²) in [5.74, 6) is 1.52. The molecule has 1 aromatic carbocycles. The van der Waals surface area contributed by atoms with E-state index in [0.717, 1.165) is 25.3 Å². The third kappa shape index (κ3) is 1.94. The molecule has 1 N–H and O–H groups in total. The van der Waals surface area contributed by atoms with Gasteiger partial charge in [-0.15, -0.1) is 0 Å². The van der Waals surface area contributed by atoms with E-state index < -0.39 is 0 Å². The van der Waals surface area contributed by atoms with Crippen molar-refractivity contribution in [2.45, 2.75) is 25.2 Å². The fraction of sp³-hybridized carbons (Fsp3) is 0.462. The minimum atomic E-state index is -0.119. The number of nitrogens with zero attached hydrogens (tertiary/aromatic N) is 1. The zero-order valence-corrected chi connectivity index (χ0v) is 9.17. The first-order valence-electron chi connectivity index (χ1n) is 5.88. The Bertz CT molecular complexity index is 436. The quantitative estimate of drug-likeness (QED) is 0.826. The predicted molar refractivity (Wildman–Crippen MR) is 62.4 cm³/mol. The van der Waals surface area contributed by atoms with Gasteiger partial charge in [0.1, 0.15) is 11.7 Å². The maximum atomic E-state index is 13.2. The number of amidine groups is 1. The smallest absolute Gasteiger partial charge is 0.123 e. The SMILES string of the molecule is Fc1ccc(CC2=NCCN2)c(C2CC2)c1. The summed E-state index contributed by atoms with van der Waals surface area (Å²) in [6.45, 7) is 1.81. The van der Waals surface area contributed by atoms with Crippen LogP contribution in [0.5, 0.6) is 0 Å². The van der Waals surface area contributed by atoms with Gasteiger partial charge in [0, 0.05) is 13.0 Å². The normalized spacial score (nSPS) is 19.4. The first-order chi connectivity index (χ1) is 7.83. The van der Waals surface area contributed by atoms with Crippen LogP contribution in [0, 0.1) is 5.82 Å². The molecule has 0 bridgehead atoms. The van der Waals surface area contributed by atoms with E-state index in [1.165, 1.54) is 24.0 Å². The van der Waals surface area contributed by atoms with E-state index in [-0.39, 0.29) is 5.82 Å². The average Bonchev–Trinajstić information content (AvgIpc) is 3.00. The minimum absolute atomic E-state index is 0.119. The predicted octanol–water partition coefficient (Wildman–Crippen LogP) is 2.25. The Kier molecular flexibility index (Phi) is 2.39. The minimum Gasteiger partial charge on any atom is -0.372 e. The first-order valence-corrected chi connectivity index (χ1v) is 5.88. The molecule has 0 spiro atoms. The Morgan fingerprint density at radius 3 is 2.94 bits per heavy atom. The maximum Gasteiger partial charge on any atom is 0.123 e. The van der Waals surface area contributed by atoms with Gasteiger partial charge >= 0.3 is 0 Å². The fourth-order valence-corrected chi connectivity index (χ4v) is 2.25. The van der Waals surface area contributed by atoms with Crippen molar-refractivity contribution in [2.24, 2.45) is 4.99 Å². The van der Waals surface area contributed by atoms with Crippen LogP contribution in [0.15, 0.2) is 23.2 Å². The molecule has 0 amide bonds. The van der Waals surface area contributed by atoms with Gasteiger partial charge in [0.15, 0.2) is 0 Å². The van der Waals surface area contributed by atoms with Crippen molar-refractivity contribution in [1.82, 2.24) is 5.32 Å². The van der Waals surface area contributed by atoms with Crippen LogP contribution in [0.1, 0.15) is 29.9 Å². The second-order valence-electron chi connectivity index (χ2n) is 4.55. The number of hydrogen-bond donors (Lipinski definition) is 1. The number of benzene rings is 1. The molecule has 2 nitrogen and oxygen atoms in total. The van der Waals surface area contributed by atoms with Gasteiger partial charge in [0.25, 0.3) is 0 Å². The van der Waals surface area contributed by atoms with E-state index in [9.17, 15) is 4.39 Å². The van der Waals surface area contributed by atoms with E-state index in [0.29, 0.717) is 5.92 Å². The number of halogens is 1. The van der Waals surface area contributed by atoms with E-state index in [2.05, 4.69) is 10.3 Å². The molecule has 0 unspecified atom stereocenters. The molecule has 3 heteroatoms. The summed E-state index contributed by atoms with van der Waals surface area (Å²) in [7, 11) is 0. The highest BCUT2D eigenvalue weighted by atomic mass is 19.1. The highest BCUT2D eigenvalue weighted by Crippen LogP contribution is 2.42. The zero-order valence-electron chi connectivity index (χ0n) is 9.17. The molecule has 1 fully saturated rings. The number of hydrogen-bond acceptors (Lipinski definition) is 2. The zero-order chi connectivity index (χ0) is 11.0. The van der Waals surface area contributed by atoms with Gasteiger partial charge in [0.2, 0.25) is 0 Å². The Labute approximate surface area is 94.6 Å². The molecular formula is C13H15FN2. The van der Waals surface area contributed by atoms with Gasteiger partial charge in [-0.3, -0.25) is 4.99 Å². The molecule has 1 heterocycles. The number of rotatable bonds is 3. The third-order valence-electron chi connectivity index (χ3n) is 3.23. The van der Waals surface area contributed by atoms with Crippen LogP contribution in [0.3, 0.4) is 0 Å². The summed E-state index contributed by atoms with van der Waals surface area (Å²) < 4.78 is 13.2. The average molecular weight is 218 g/mol. The van der Waals surface area contributed by atoms with Crippen molar-refractivity contribution in [2.75, 3.05) is 13.1 Å². The summed E-state index contributed by atoms with van der Waals surface area (Å²) in [6, 6.07) is 5.16. The fourth-order valence-electron chi connectivity index (χ4n) is 2.25. The van der Waals surface area contributed by atoms with Gasteiger partial charge < -0.3 is 5.32 Å². The van der Waals surface area contributed by atoms with E-state index in [4.69, 9.17) is 0 Å². The van der Waals surface area contributed by atoms with Crippen LogP contribution >= 0.6 is 0 Å². The Hall–Kier alpha value is -1.38. The van der Waals surface area contributed by atoms with Crippen LogP contribution in [0.4, 0.5) is 4.39 Å². The molecule has 0 saturated heterocycles. The van der Waals surface area contributed by atoms with E-state index in [1.807, 2.05) is 6.07 Å². The summed E-state index contributed by atoms with van der Waals surface area (Å²) in [4.78, 5) is 4.39. The maximum absolute atomic E-state index is 13.2. The van der Waals surface area contributed by atoms with Crippen LogP contribution in [0.2, 0.25) is 0 Å². The number of nitrogens with one attached hydrogen (secondary N) is 1. The summed E-state index contributed by atoms with van der Waals surface area (Å²) in [5, 5.41) is 3.26. The molecule has 0 radical (unpaired) electrons. The molecule has 84 valence electrons. The second kappa shape index (κ2) is 3.89. The molecule has 1 saturated carbocycles. The van der Waals surface area contributed by atoms with Crippen molar-refractivity contribution in [3.8, 4) is 0 Å². The molecule has 1 aromatic rings. The van der Waals surface area contributed by atoms with Crippen LogP contribution < -0.4 is 5.32 Å². The molecule has 2 aliphatic rings. The van der Waals surface area contributed by atoms with E-state index >= 15 is 0 Å². The van der Waals surface area contributed by atoms with Crippen LogP contribution in [0.25, 0.3) is 0 Å². The lowest BCUT2D eigenvalue weighted by atomic mass is 10.00. The van der Waals surface area contributed by atoms with Crippen molar-refractivity contribution >= 4 is 5.84 Å². The molecule has 3 rings (SSSR count). The molecule has 1 aliphatic heterocycles. The summed E-state index contributed by atoms with van der Waals surface area (Å²) in [6.07, 6.45) is 3.23. The van der Waals surface area contributed by atoms with Gasteiger partial charge in [0.05, 0.1) is 6.54 Å². The highest BCUT2D eigenvalue weighted by Gasteiger charge is 2.26. The number of aliphatic imine (C=N–C) groups is 1. The molecule has 0 aromatic heterocycles. The largest absolute Gasteiger partial charge is 0.372 e. The third-order valence-corrected chi connectivity index (χ3v) is 3.23. The van der Waals surface area contributed by atoms with Gasteiger partial charge in [-0.05, 0) is 42.0 Å².